The normalized spacial score (nSPS) is 11.9. The van der Waals surface area contributed by atoms with E-state index in [9.17, 15) is 4.79 Å². The van der Waals surface area contributed by atoms with Gasteiger partial charge in [0.25, 0.3) is 5.91 Å². The maximum absolute atomic E-state index is 12.4. The number of aromatic nitrogens is 2. The monoisotopic (exact) mass is 319 g/mol. The number of rotatable bonds is 5. The second-order valence-corrected chi connectivity index (χ2v) is 5.91. The van der Waals surface area contributed by atoms with Crippen molar-refractivity contribution in [1.29, 1.82) is 0 Å². The Morgan fingerprint density at radius 1 is 1.12 bits per heavy atom. The topological polar surface area (TPSA) is 46.9 Å². The average Bonchev–Trinajstić information content (AvgIpc) is 3.01. The molecule has 122 valence electrons. The predicted molar refractivity (Wildman–Crippen MR) is 94.8 cm³/mol. The minimum absolute atomic E-state index is 0.0213. The number of nitrogens with one attached hydrogen (secondary N) is 1. The van der Waals surface area contributed by atoms with Crippen molar-refractivity contribution in [3.05, 3.63) is 89.5 Å². The summed E-state index contributed by atoms with van der Waals surface area (Å²) in [5.74, 6) is 0.921. The number of hydrogen-bond acceptors (Lipinski definition) is 2. The van der Waals surface area contributed by atoms with Crippen LogP contribution in [-0.2, 0) is 6.54 Å². The van der Waals surface area contributed by atoms with Crippen LogP contribution in [0.15, 0.2) is 67.0 Å². The third-order valence-corrected chi connectivity index (χ3v) is 4.14. The van der Waals surface area contributed by atoms with E-state index < -0.39 is 0 Å². The number of amides is 1. The van der Waals surface area contributed by atoms with E-state index in [1.807, 2.05) is 74.6 Å². The van der Waals surface area contributed by atoms with Crippen molar-refractivity contribution in [1.82, 2.24) is 14.9 Å². The highest BCUT2D eigenvalue weighted by Gasteiger charge is 2.11. The number of hydrogen-bond donors (Lipinski definition) is 1. The van der Waals surface area contributed by atoms with Crippen LogP contribution in [0.3, 0.4) is 0 Å². The lowest BCUT2D eigenvalue weighted by Crippen LogP contribution is -2.26. The Bertz CT molecular complexity index is 806. The summed E-state index contributed by atoms with van der Waals surface area (Å²) in [6, 6.07) is 17.6. The zero-order valence-electron chi connectivity index (χ0n) is 13.9. The molecule has 0 saturated heterocycles. The summed E-state index contributed by atoms with van der Waals surface area (Å²) in [6.45, 7) is 4.73. The molecule has 0 bridgehead atoms. The first kappa shape index (κ1) is 16.0. The fraction of sp³-hybridized carbons (Fsp3) is 0.200. The predicted octanol–water partition coefficient (Wildman–Crippen LogP) is 3.73. The number of aryl methyl sites for hydroxylation is 1. The molecule has 1 atom stereocenters. The van der Waals surface area contributed by atoms with Crippen molar-refractivity contribution in [2.75, 3.05) is 0 Å². The maximum Gasteiger partial charge on any atom is 0.251 e. The van der Waals surface area contributed by atoms with Gasteiger partial charge in [-0.15, -0.1) is 0 Å². The summed E-state index contributed by atoms with van der Waals surface area (Å²) in [5, 5.41) is 3.03. The molecular formula is C20H21N3O. The van der Waals surface area contributed by atoms with Crippen LogP contribution >= 0.6 is 0 Å². The van der Waals surface area contributed by atoms with Gasteiger partial charge in [0.05, 0.1) is 6.04 Å². The van der Waals surface area contributed by atoms with Crippen LogP contribution in [-0.4, -0.2) is 15.5 Å². The number of imidazole rings is 1. The molecule has 0 aliphatic carbocycles. The maximum atomic E-state index is 12.4. The molecule has 4 nitrogen and oxygen atoms in total. The molecule has 0 aliphatic heterocycles. The average molecular weight is 319 g/mol. The largest absolute Gasteiger partial charge is 0.346 e. The molecule has 0 radical (unpaired) electrons. The molecule has 4 heteroatoms. The van der Waals surface area contributed by atoms with Gasteiger partial charge in [0.15, 0.2) is 0 Å². The summed E-state index contributed by atoms with van der Waals surface area (Å²) in [6.07, 6.45) is 3.75. The zero-order valence-corrected chi connectivity index (χ0v) is 13.9. The zero-order chi connectivity index (χ0) is 16.9. The lowest BCUT2D eigenvalue weighted by molar-refractivity contribution is 0.0940. The number of carbonyl (C=O) groups excluding carboxylic acids is 1. The number of benzene rings is 2. The minimum atomic E-state index is -0.0586. The van der Waals surface area contributed by atoms with Crippen LogP contribution in [0.25, 0.3) is 0 Å². The van der Waals surface area contributed by atoms with Crippen LogP contribution in [0.2, 0.25) is 0 Å². The van der Waals surface area contributed by atoms with Gasteiger partial charge < -0.3 is 9.88 Å². The van der Waals surface area contributed by atoms with Gasteiger partial charge in [0.2, 0.25) is 0 Å². The third kappa shape index (κ3) is 3.71. The van der Waals surface area contributed by atoms with Gasteiger partial charge in [0, 0.05) is 24.5 Å². The molecule has 3 rings (SSSR count). The van der Waals surface area contributed by atoms with Crippen molar-refractivity contribution >= 4 is 5.91 Å². The highest BCUT2D eigenvalue weighted by molar-refractivity contribution is 5.94. The van der Waals surface area contributed by atoms with Gasteiger partial charge in [-0.2, -0.15) is 0 Å². The van der Waals surface area contributed by atoms with Crippen LogP contribution in [0.4, 0.5) is 0 Å². The van der Waals surface area contributed by atoms with Crippen LogP contribution in [0, 0.1) is 6.92 Å². The fourth-order valence-corrected chi connectivity index (χ4v) is 2.63. The molecule has 0 unspecified atom stereocenters. The summed E-state index contributed by atoms with van der Waals surface area (Å²) >= 11 is 0. The molecule has 2 aromatic carbocycles. The number of nitrogens with zero attached hydrogens (tertiary/aromatic N) is 2. The van der Waals surface area contributed by atoms with Crippen molar-refractivity contribution in [3.63, 3.8) is 0 Å². The Morgan fingerprint density at radius 3 is 2.46 bits per heavy atom. The first-order valence-electron chi connectivity index (χ1n) is 8.06. The summed E-state index contributed by atoms with van der Waals surface area (Å²) in [4.78, 5) is 16.6. The van der Waals surface area contributed by atoms with Gasteiger partial charge >= 0.3 is 0 Å². The Kier molecular flexibility index (Phi) is 4.75. The van der Waals surface area contributed by atoms with E-state index in [1.165, 1.54) is 0 Å². The molecule has 1 amide bonds. The summed E-state index contributed by atoms with van der Waals surface area (Å²) in [5.41, 5.74) is 2.91. The van der Waals surface area contributed by atoms with Gasteiger partial charge in [-0.3, -0.25) is 4.79 Å². The second-order valence-electron chi connectivity index (χ2n) is 5.91. The van der Waals surface area contributed by atoms with Gasteiger partial charge in [0.1, 0.15) is 5.82 Å². The van der Waals surface area contributed by atoms with Gasteiger partial charge in [-0.1, -0.05) is 42.5 Å². The Labute approximate surface area is 142 Å². The molecule has 1 heterocycles. The van der Waals surface area contributed by atoms with Crippen molar-refractivity contribution in [3.8, 4) is 0 Å². The van der Waals surface area contributed by atoms with Gasteiger partial charge in [-0.05, 0) is 37.1 Å². The SMILES string of the molecule is Cc1nccn1Cc1ccc(C(=O)N[C@@H](C)c2ccccc2)cc1. The van der Waals surface area contributed by atoms with E-state index in [0.29, 0.717) is 5.56 Å². The van der Waals surface area contributed by atoms with E-state index in [-0.39, 0.29) is 11.9 Å². The quantitative estimate of drug-likeness (QED) is 0.779. The fourth-order valence-electron chi connectivity index (χ4n) is 2.63. The lowest BCUT2D eigenvalue weighted by Gasteiger charge is -2.14. The molecule has 24 heavy (non-hydrogen) atoms. The second kappa shape index (κ2) is 7.13. The highest BCUT2D eigenvalue weighted by atomic mass is 16.1. The minimum Gasteiger partial charge on any atom is -0.346 e. The highest BCUT2D eigenvalue weighted by Crippen LogP contribution is 2.13. The van der Waals surface area contributed by atoms with Gasteiger partial charge in [-0.25, -0.2) is 4.98 Å². The molecule has 0 aliphatic rings. The molecule has 1 N–H and O–H groups in total. The molecular weight excluding hydrogens is 298 g/mol. The molecule has 1 aromatic heterocycles. The Morgan fingerprint density at radius 2 is 1.83 bits per heavy atom. The van der Waals surface area contributed by atoms with E-state index in [2.05, 4.69) is 14.9 Å². The molecule has 0 saturated carbocycles. The van der Waals surface area contributed by atoms with Crippen LogP contribution in [0.1, 0.15) is 40.3 Å². The van der Waals surface area contributed by atoms with Crippen molar-refractivity contribution < 1.29 is 4.79 Å². The van der Waals surface area contributed by atoms with Crippen molar-refractivity contribution in [2.24, 2.45) is 0 Å². The van der Waals surface area contributed by atoms with E-state index in [4.69, 9.17) is 0 Å². The molecule has 0 fully saturated rings. The molecule has 3 aromatic rings. The van der Waals surface area contributed by atoms with E-state index in [0.717, 1.165) is 23.5 Å². The summed E-state index contributed by atoms with van der Waals surface area (Å²) < 4.78 is 2.08. The Hall–Kier alpha value is -2.88. The summed E-state index contributed by atoms with van der Waals surface area (Å²) in [7, 11) is 0. The smallest absolute Gasteiger partial charge is 0.251 e. The standard InChI is InChI=1S/C20H21N3O/c1-15(18-6-4-3-5-7-18)22-20(24)19-10-8-17(9-11-19)14-23-13-12-21-16(23)2/h3-13,15H,14H2,1-2H3,(H,22,24)/t15-/m0/s1. The first-order chi connectivity index (χ1) is 11.6. The van der Waals surface area contributed by atoms with E-state index >= 15 is 0 Å². The van der Waals surface area contributed by atoms with Crippen LogP contribution in [0.5, 0.6) is 0 Å². The van der Waals surface area contributed by atoms with Crippen LogP contribution < -0.4 is 5.32 Å². The lowest BCUT2D eigenvalue weighted by atomic mass is 10.1. The van der Waals surface area contributed by atoms with E-state index in [1.54, 1.807) is 6.20 Å². The number of carbonyl (C=O) groups is 1. The molecule has 0 spiro atoms. The van der Waals surface area contributed by atoms with Crippen molar-refractivity contribution in [2.45, 2.75) is 26.4 Å². The first-order valence-corrected chi connectivity index (χ1v) is 8.06. The Balaban J connectivity index is 1.64. The third-order valence-electron chi connectivity index (χ3n) is 4.14.